The fourth-order valence-electron chi connectivity index (χ4n) is 4.57. The summed E-state index contributed by atoms with van der Waals surface area (Å²) in [7, 11) is 0. The molecule has 5 rings (SSSR count). The van der Waals surface area contributed by atoms with Crippen LogP contribution in [0.25, 0.3) is 0 Å². The molecule has 0 unspecified atom stereocenters. The van der Waals surface area contributed by atoms with Crippen LogP contribution in [0.1, 0.15) is 59.7 Å². The molecule has 1 aliphatic rings. The van der Waals surface area contributed by atoms with Gasteiger partial charge in [-0.1, -0.05) is 12.1 Å². The summed E-state index contributed by atoms with van der Waals surface area (Å²) >= 11 is 0. The van der Waals surface area contributed by atoms with Crippen molar-refractivity contribution in [3.63, 3.8) is 0 Å². The smallest absolute Gasteiger partial charge is 0.251 e. The first-order valence-electron chi connectivity index (χ1n) is 12.1. The van der Waals surface area contributed by atoms with Gasteiger partial charge in [0, 0.05) is 40.9 Å². The highest BCUT2D eigenvalue weighted by Gasteiger charge is 2.35. The molecule has 4 aromatic rings. The van der Waals surface area contributed by atoms with Crippen molar-refractivity contribution in [3.05, 3.63) is 124 Å². The average Bonchev–Trinajstić information content (AvgIpc) is 2.91. The molecular formula is C30H24FN2O5+. The number of aromatic hydroxyl groups is 2. The van der Waals surface area contributed by atoms with Gasteiger partial charge in [0.25, 0.3) is 5.91 Å². The van der Waals surface area contributed by atoms with Crippen LogP contribution in [-0.4, -0.2) is 34.2 Å². The van der Waals surface area contributed by atoms with E-state index in [1.165, 1.54) is 36.4 Å². The van der Waals surface area contributed by atoms with Crippen LogP contribution in [0.5, 0.6) is 11.5 Å². The molecule has 0 atom stereocenters. The van der Waals surface area contributed by atoms with Crippen molar-refractivity contribution >= 4 is 17.5 Å². The van der Waals surface area contributed by atoms with Crippen LogP contribution in [0.4, 0.5) is 4.39 Å². The highest BCUT2D eigenvalue weighted by atomic mass is 19.1. The fraction of sp³-hybridized carbons (Fsp3) is 0.133. The summed E-state index contributed by atoms with van der Waals surface area (Å²) in [6.07, 6.45) is 5.28. The lowest BCUT2D eigenvalue weighted by atomic mass is 9.82. The maximum absolute atomic E-state index is 13.1. The number of aryl methyl sites for hydroxylation is 1. The number of ketones is 2. The van der Waals surface area contributed by atoms with Gasteiger partial charge in [0.2, 0.25) is 5.78 Å². The first kappa shape index (κ1) is 24.8. The molecule has 0 radical (unpaired) electrons. The number of halogens is 1. The van der Waals surface area contributed by atoms with Crippen molar-refractivity contribution in [3.8, 4) is 11.5 Å². The lowest BCUT2D eigenvalue weighted by Gasteiger charge is -2.20. The molecule has 0 saturated carbocycles. The quantitative estimate of drug-likeness (QED) is 0.228. The Kier molecular flexibility index (Phi) is 6.70. The van der Waals surface area contributed by atoms with Crippen LogP contribution in [-0.2, 0) is 13.0 Å². The SMILES string of the molecule is O=C(NCCCc1cc[n+](Cc2ccc(F)cc2)cc1)c1cc(O)c2c(c1)C(=O)c1cccc(O)c1C2=O. The third kappa shape index (κ3) is 4.88. The summed E-state index contributed by atoms with van der Waals surface area (Å²) in [4.78, 5) is 38.6. The topological polar surface area (TPSA) is 108 Å². The minimum Gasteiger partial charge on any atom is -0.507 e. The van der Waals surface area contributed by atoms with Gasteiger partial charge < -0.3 is 15.5 Å². The maximum atomic E-state index is 13.1. The predicted octanol–water partition coefficient (Wildman–Crippen LogP) is 3.71. The van der Waals surface area contributed by atoms with E-state index in [0.717, 1.165) is 23.6 Å². The number of aromatic nitrogens is 1. The van der Waals surface area contributed by atoms with E-state index in [-0.39, 0.29) is 39.4 Å². The number of benzene rings is 3. The number of rotatable bonds is 7. The second-order valence-electron chi connectivity index (χ2n) is 9.14. The number of nitrogens with one attached hydrogen (secondary N) is 1. The Morgan fingerprint density at radius 3 is 2.26 bits per heavy atom. The third-order valence-corrected chi connectivity index (χ3v) is 6.53. The Morgan fingerprint density at radius 2 is 1.53 bits per heavy atom. The van der Waals surface area contributed by atoms with Gasteiger partial charge in [0.15, 0.2) is 24.7 Å². The van der Waals surface area contributed by atoms with Gasteiger partial charge in [-0.2, -0.15) is 0 Å². The number of phenols is 2. The van der Waals surface area contributed by atoms with Crippen LogP contribution in [0, 0.1) is 5.82 Å². The zero-order valence-electron chi connectivity index (χ0n) is 20.3. The normalized spacial score (nSPS) is 12.1. The highest BCUT2D eigenvalue weighted by Crippen LogP contribution is 2.37. The summed E-state index contributed by atoms with van der Waals surface area (Å²) < 4.78 is 15.1. The summed E-state index contributed by atoms with van der Waals surface area (Å²) in [5.74, 6) is -2.78. The van der Waals surface area contributed by atoms with Crippen LogP contribution in [0.15, 0.2) is 79.1 Å². The number of hydrogen-bond acceptors (Lipinski definition) is 5. The van der Waals surface area contributed by atoms with Crippen molar-refractivity contribution in [1.82, 2.24) is 5.32 Å². The van der Waals surface area contributed by atoms with E-state index >= 15 is 0 Å². The van der Waals surface area contributed by atoms with Crippen molar-refractivity contribution in [2.24, 2.45) is 0 Å². The molecule has 7 nitrogen and oxygen atoms in total. The largest absolute Gasteiger partial charge is 0.507 e. The molecular weight excluding hydrogens is 487 g/mol. The number of carbonyl (C=O) groups excluding carboxylic acids is 3. The summed E-state index contributed by atoms with van der Waals surface area (Å²) in [5.41, 5.74) is 1.73. The fourth-order valence-corrected chi connectivity index (χ4v) is 4.57. The Hall–Kier alpha value is -4.85. The first-order valence-corrected chi connectivity index (χ1v) is 12.1. The molecule has 0 spiro atoms. The van der Waals surface area contributed by atoms with Crippen LogP contribution < -0.4 is 9.88 Å². The van der Waals surface area contributed by atoms with Gasteiger partial charge in [0.1, 0.15) is 17.3 Å². The second kappa shape index (κ2) is 10.3. The number of hydrogen-bond donors (Lipinski definition) is 3. The zero-order chi connectivity index (χ0) is 26.8. The molecule has 1 aromatic heterocycles. The predicted molar refractivity (Wildman–Crippen MR) is 136 cm³/mol. The molecule has 0 saturated heterocycles. The number of amides is 1. The summed E-state index contributed by atoms with van der Waals surface area (Å²) in [6.45, 7) is 0.996. The Morgan fingerprint density at radius 1 is 0.816 bits per heavy atom. The van der Waals surface area contributed by atoms with Gasteiger partial charge >= 0.3 is 0 Å². The molecule has 190 valence electrons. The molecule has 1 amide bonds. The molecule has 3 aromatic carbocycles. The van der Waals surface area contributed by atoms with Crippen LogP contribution in [0.2, 0.25) is 0 Å². The zero-order valence-corrected chi connectivity index (χ0v) is 20.3. The molecule has 1 heterocycles. The minimum absolute atomic E-state index is 0.0290. The highest BCUT2D eigenvalue weighted by molar-refractivity contribution is 6.30. The number of phenolic OH excluding ortho intramolecular Hbond substituents is 2. The molecule has 38 heavy (non-hydrogen) atoms. The Bertz CT molecular complexity index is 1560. The molecule has 1 aliphatic carbocycles. The minimum atomic E-state index is -0.668. The summed E-state index contributed by atoms with van der Waals surface area (Å²) in [6, 6.07) is 17.0. The average molecular weight is 512 g/mol. The number of carbonyl (C=O) groups is 3. The van der Waals surface area contributed by atoms with E-state index in [2.05, 4.69) is 5.32 Å². The molecule has 8 heteroatoms. The standard InChI is InChI=1S/C30H23FN2O5/c31-21-8-6-19(7-9-21)17-33-13-10-18(11-14-33)3-2-12-32-30(38)20-15-23-27(25(35)16-20)29(37)26-22(28(23)36)4-1-5-24(26)34/h1,4-11,13-16H,2-3,12,17H2,(H2-,32,34,35,37,38)/p+1. The van der Waals surface area contributed by atoms with Crippen molar-refractivity contribution < 1.29 is 33.6 Å². The lowest BCUT2D eigenvalue weighted by Crippen LogP contribution is -2.33. The molecule has 3 N–H and O–H groups in total. The van der Waals surface area contributed by atoms with E-state index in [9.17, 15) is 29.0 Å². The van der Waals surface area contributed by atoms with Crippen LogP contribution in [0.3, 0.4) is 0 Å². The molecule has 0 fully saturated rings. The molecule has 0 aliphatic heterocycles. The van der Waals surface area contributed by atoms with Gasteiger partial charge in [-0.15, -0.1) is 0 Å². The van der Waals surface area contributed by atoms with Crippen molar-refractivity contribution in [2.75, 3.05) is 6.54 Å². The Labute approximate surface area is 217 Å². The van der Waals surface area contributed by atoms with Crippen molar-refractivity contribution in [2.45, 2.75) is 19.4 Å². The van der Waals surface area contributed by atoms with E-state index in [0.29, 0.717) is 19.5 Å². The molecule has 0 bridgehead atoms. The first-order chi connectivity index (χ1) is 18.3. The van der Waals surface area contributed by atoms with E-state index in [1.807, 2.05) is 29.1 Å². The number of fused-ring (bicyclic) bond motifs is 2. The second-order valence-corrected chi connectivity index (χ2v) is 9.14. The maximum Gasteiger partial charge on any atom is 0.251 e. The van der Waals surface area contributed by atoms with Gasteiger partial charge in [-0.05, 0) is 60.9 Å². The lowest BCUT2D eigenvalue weighted by molar-refractivity contribution is -0.688. The van der Waals surface area contributed by atoms with Crippen molar-refractivity contribution in [1.29, 1.82) is 0 Å². The van der Waals surface area contributed by atoms with Gasteiger partial charge in [-0.3, -0.25) is 14.4 Å². The van der Waals surface area contributed by atoms with E-state index < -0.39 is 23.2 Å². The van der Waals surface area contributed by atoms with Crippen LogP contribution >= 0.6 is 0 Å². The van der Waals surface area contributed by atoms with E-state index in [1.54, 1.807) is 12.1 Å². The monoisotopic (exact) mass is 511 g/mol. The third-order valence-electron chi connectivity index (χ3n) is 6.53. The van der Waals surface area contributed by atoms with E-state index in [4.69, 9.17) is 0 Å². The van der Waals surface area contributed by atoms with Gasteiger partial charge in [0.05, 0.1) is 11.1 Å². The Balaban J connectivity index is 1.19. The number of pyridine rings is 1. The van der Waals surface area contributed by atoms with Gasteiger partial charge in [-0.25, -0.2) is 8.96 Å². The number of nitrogens with zero attached hydrogens (tertiary/aromatic N) is 1. The summed E-state index contributed by atoms with van der Waals surface area (Å²) in [5, 5.41) is 23.3.